The van der Waals surface area contributed by atoms with Crippen molar-refractivity contribution in [2.75, 3.05) is 31.1 Å². The van der Waals surface area contributed by atoms with E-state index in [0.29, 0.717) is 11.3 Å². The van der Waals surface area contributed by atoms with Crippen molar-refractivity contribution in [1.82, 2.24) is 9.88 Å². The molecule has 3 aliphatic rings. The number of carbonyl (C=O) groups excluding carboxylic acids is 1. The van der Waals surface area contributed by atoms with Crippen LogP contribution in [-0.2, 0) is 4.74 Å². The molecule has 0 unspecified atom stereocenters. The third-order valence-electron chi connectivity index (χ3n) is 5.82. The van der Waals surface area contributed by atoms with Crippen molar-refractivity contribution in [3.63, 3.8) is 0 Å². The van der Waals surface area contributed by atoms with E-state index in [4.69, 9.17) is 4.74 Å². The minimum Gasteiger partial charge on any atom is -0.444 e. The molecule has 1 aromatic rings. The predicted octanol–water partition coefficient (Wildman–Crippen LogP) is 3.80. The molecule has 4 rings (SSSR count). The fraction of sp³-hybridized carbons (Fsp3) is 0.700. The third kappa shape index (κ3) is 3.33. The van der Waals surface area contributed by atoms with E-state index in [2.05, 4.69) is 22.0 Å². The zero-order valence-corrected chi connectivity index (χ0v) is 15.6. The number of pyridine rings is 1. The summed E-state index contributed by atoms with van der Waals surface area (Å²) in [5, 5.41) is 0. The Morgan fingerprint density at radius 3 is 2.44 bits per heavy atom. The lowest BCUT2D eigenvalue weighted by molar-refractivity contribution is 0.00817. The van der Waals surface area contributed by atoms with Gasteiger partial charge in [0.15, 0.2) is 0 Å². The van der Waals surface area contributed by atoms with E-state index in [-0.39, 0.29) is 6.09 Å². The molecule has 5 nitrogen and oxygen atoms in total. The Kier molecular flexibility index (Phi) is 3.93. The first-order valence-electron chi connectivity index (χ1n) is 9.53. The monoisotopic (exact) mass is 343 g/mol. The van der Waals surface area contributed by atoms with Gasteiger partial charge in [-0.1, -0.05) is 18.9 Å². The van der Waals surface area contributed by atoms with Crippen LogP contribution >= 0.6 is 0 Å². The quantitative estimate of drug-likeness (QED) is 0.819. The molecule has 1 amide bonds. The number of carbonyl (C=O) groups is 1. The molecular weight excluding hydrogens is 314 g/mol. The van der Waals surface area contributed by atoms with Crippen LogP contribution in [0.4, 0.5) is 10.6 Å². The number of aromatic nitrogens is 1. The summed E-state index contributed by atoms with van der Waals surface area (Å²) in [6.07, 6.45) is 7.36. The number of amides is 1. The van der Waals surface area contributed by atoms with Gasteiger partial charge in [0.1, 0.15) is 11.4 Å². The van der Waals surface area contributed by atoms with Crippen molar-refractivity contribution < 1.29 is 9.53 Å². The van der Waals surface area contributed by atoms with Gasteiger partial charge in [-0.05, 0) is 45.2 Å². The lowest BCUT2D eigenvalue weighted by atomic mass is 9.78. The number of hydrogen-bond acceptors (Lipinski definition) is 4. The average Bonchev–Trinajstić information content (AvgIpc) is 2.93. The predicted molar refractivity (Wildman–Crippen MR) is 97.9 cm³/mol. The number of rotatable bonds is 2. The average molecular weight is 343 g/mol. The summed E-state index contributed by atoms with van der Waals surface area (Å²) in [4.78, 5) is 20.9. The van der Waals surface area contributed by atoms with Gasteiger partial charge in [0.2, 0.25) is 0 Å². The van der Waals surface area contributed by atoms with E-state index in [1.807, 2.05) is 27.0 Å². The van der Waals surface area contributed by atoms with Crippen LogP contribution in [-0.4, -0.2) is 47.8 Å². The van der Waals surface area contributed by atoms with Crippen LogP contribution in [0.2, 0.25) is 0 Å². The molecule has 2 saturated heterocycles. The molecule has 25 heavy (non-hydrogen) atoms. The first-order chi connectivity index (χ1) is 11.8. The molecule has 0 aromatic carbocycles. The summed E-state index contributed by atoms with van der Waals surface area (Å²) >= 11 is 0. The number of anilines is 1. The minimum atomic E-state index is -0.431. The zero-order valence-electron chi connectivity index (χ0n) is 15.6. The van der Waals surface area contributed by atoms with E-state index >= 15 is 0 Å². The number of likely N-dealkylation sites (tertiary alicyclic amines) is 1. The number of ether oxygens (including phenoxy) is 1. The van der Waals surface area contributed by atoms with Crippen molar-refractivity contribution >= 4 is 11.9 Å². The summed E-state index contributed by atoms with van der Waals surface area (Å²) in [6.45, 7) is 9.50. The van der Waals surface area contributed by atoms with Gasteiger partial charge >= 0.3 is 6.09 Å². The molecule has 0 N–H and O–H groups in total. The highest BCUT2D eigenvalue weighted by Crippen LogP contribution is 2.46. The molecule has 0 radical (unpaired) electrons. The SMILES string of the molecule is CC(C)(C)OC(=O)N1CC(c2ccc(N3CC4(CCCC4)C3)nc2)C1. The van der Waals surface area contributed by atoms with Crippen LogP contribution in [0.15, 0.2) is 18.3 Å². The topological polar surface area (TPSA) is 45.7 Å². The highest BCUT2D eigenvalue weighted by atomic mass is 16.6. The van der Waals surface area contributed by atoms with Crippen LogP contribution in [0, 0.1) is 5.41 Å². The molecule has 5 heteroatoms. The molecular formula is C20H29N3O2. The van der Waals surface area contributed by atoms with Crippen molar-refractivity contribution in [2.24, 2.45) is 5.41 Å². The summed E-state index contributed by atoms with van der Waals surface area (Å²) in [7, 11) is 0. The smallest absolute Gasteiger partial charge is 0.410 e. The third-order valence-corrected chi connectivity index (χ3v) is 5.82. The summed E-state index contributed by atoms with van der Waals surface area (Å²) < 4.78 is 5.41. The number of nitrogens with zero attached hydrogens (tertiary/aromatic N) is 3. The Morgan fingerprint density at radius 2 is 1.88 bits per heavy atom. The first kappa shape index (κ1) is 16.7. The fourth-order valence-electron chi connectivity index (χ4n) is 4.36. The second kappa shape index (κ2) is 5.89. The highest BCUT2D eigenvalue weighted by Gasteiger charge is 2.45. The summed E-state index contributed by atoms with van der Waals surface area (Å²) in [5.74, 6) is 1.48. The normalized spacial score (nSPS) is 22.7. The lowest BCUT2D eigenvalue weighted by Crippen LogP contribution is -2.55. The maximum Gasteiger partial charge on any atom is 0.410 e. The molecule has 3 fully saturated rings. The van der Waals surface area contributed by atoms with Gasteiger partial charge in [-0.15, -0.1) is 0 Å². The maximum absolute atomic E-state index is 12.0. The second-order valence-electron chi connectivity index (χ2n) is 9.10. The maximum atomic E-state index is 12.0. The largest absolute Gasteiger partial charge is 0.444 e. The van der Waals surface area contributed by atoms with Crippen LogP contribution < -0.4 is 4.90 Å². The Bertz CT molecular complexity index is 630. The van der Waals surface area contributed by atoms with Gasteiger partial charge < -0.3 is 14.5 Å². The van der Waals surface area contributed by atoms with Gasteiger partial charge in [-0.25, -0.2) is 9.78 Å². The van der Waals surface area contributed by atoms with Gasteiger partial charge in [0.25, 0.3) is 0 Å². The lowest BCUT2D eigenvalue weighted by Gasteiger charge is -2.49. The van der Waals surface area contributed by atoms with Crippen molar-refractivity contribution in [3.8, 4) is 0 Å². The highest BCUT2D eigenvalue weighted by molar-refractivity contribution is 5.69. The Hall–Kier alpha value is -1.78. The molecule has 1 aliphatic carbocycles. The molecule has 1 saturated carbocycles. The molecule has 0 atom stereocenters. The van der Waals surface area contributed by atoms with Gasteiger partial charge in [-0.2, -0.15) is 0 Å². The van der Waals surface area contributed by atoms with Crippen LogP contribution in [0.5, 0.6) is 0 Å². The Labute approximate surface area is 150 Å². The summed E-state index contributed by atoms with van der Waals surface area (Å²) in [6, 6.07) is 4.33. The zero-order chi connectivity index (χ0) is 17.7. The molecule has 0 bridgehead atoms. The molecule has 1 spiro atoms. The van der Waals surface area contributed by atoms with E-state index in [1.54, 1.807) is 4.90 Å². The van der Waals surface area contributed by atoms with Crippen molar-refractivity contribution in [3.05, 3.63) is 23.9 Å². The Morgan fingerprint density at radius 1 is 1.20 bits per heavy atom. The molecule has 3 heterocycles. The first-order valence-corrected chi connectivity index (χ1v) is 9.53. The molecule has 2 aliphatic heterocycles. The molecule has 1 aromatic heterocycles. The minimum absolute atomic E-state index is 0.212. The van der Waals surface area contributed by atoms with Crippen molar-refractivity contribution in [1.29, 1.82) is 0 Å². The van der Waals surface area contributed by atoms with Crippen LogP contribution in [0.25, 0.3) is 0 Å². The molecule has 136 valence electrons. The van der Waals surface area contributed by atoms with E-state index in [0.717, 1.165) is 18.9 Å². The van der Waals surface area contributed by atoms with E-state index in [1.165, 1.54) is 44.3 Å². The standard InChI is InChI=1S/C20H29N3O2/c1-19(2,3)25-18(24)22-11-16(12-22)15-6-7-17(21-10-15)23-13-20(14-23)8-4-5-9-20/h6-7,10,16H,4-5,8-9,11-14H2,1-3H3. The van der Waals surface area contributed by atoms with Crippen molar-refractivity contribution in [2.45, 2.75) is 58.0 Å². The summed E-state index contributed by atoms with van der Waals surface area (Å²) in [5.41, 5.74) is 1.39. The fourth-order valence-corrected chi connectivity index (χ4v) is 4.36. The van der Waals surface area contributed by atoms with E-state index in [9.17, 15) is 4.79 Å². The van der Waals surface area contributed by atoms with Gasteiger partial charge in [0.05, 0.1) is 0 Å². The van der Waals surface area contributed by atoms with Gasteiger partial charge in [0, 0.05) is 43.7 Å². The second-order valence-corrected chi connectivity index (χ2v) is 9.10. The van der Waals surface area contributed by atoms with Gasteiger partial charge in [-0.3, -0.25) is 0 Å². The number of hydrogen-bond donors (Lipinski definition) is 0. The van der Waals surface area contributed by atoms with Crippen LogP contribution in [0.3, 0.4) is 0 Å². The van der Waals surface area contributed by atoms with Crippen LogP contribution in [0.1, 0.15) is 57.9 Å². The Balaban J connectivity index is 1.28. The van der Waals surface area contributed by atoms with E-state index < -0.39 is 5.60 Å².